The Morgan fingerprint density at radius 1 is 1.50 bits per heavy atom. The number of nitrogens with zero attached hydrogens (tertiary/aromatic N) is 1. The minimum atomic E-state index is -0.581. The van der Waals surface area contributed by atoms with Crippen molar-refractivity contribution in [2.75, 3.05) is 27.3 Å². The monoisotopic (exact) mass is 296 g/mol. The second-order valence-electron chi connectivity index (χ2n) is 5.16. The molecule has 0 radical (unpaired) electrons. The number of carbonyl (C=O) groups excluding carboxylic acids is 1. The Morgan fingerprint density at radius 2 is 2.25 bits per heavy atom. The maximum atomic E-state index is 12.3. The molecule has 1 aromatic carbocycles. The molecule has 2 rings (SSSR count). The molecule has 1 unspecified atom stereocenters. The van der Waals surface area contributed by atoms with Gasteiger partial charge in [0.05, 0.1) is 6.61 Å². The van der Waals surface area contributed by atoms with Gasteiger partial charge in [0.1, 0.15) is 5.54 Å². The molecule has 0 aliphatic carbocycles. The standard InChI is InChI=1S/C15H21ClN2O2/c1-17-14(19)15(11-20-2)8-5-9-18(15)10-12-6-3-4-7-13(12)16/h3-4,6-7H,5,8-11H2,1-2H3,(H,17,19). The van der Waals surface area contributed by atoms with Crippen LogP contribution in [0.3, 0.4) is 0 Å². The van der Waals surface area contributed by atoms with E-state index in [1.165, 1.54) is 0 Å². The van der Waals surface area contributed by atoms with Crippen LogP contribution in [0.5, 0.6) is 0 Å². The van der Waals surface area contributed by atoms with E-state index in [-0.39, 0.29) is 5.91 Å². The van der Waals surface area contributed by atoms with E-state index >= 15 is 0 Å². The average molecular weight is 297 g/mol. The summed E-state index contributed by atoms with van der Waals surface area (Å²) in [6, 6.07) is 7.76. The Labute approximate surface area is 125 Å². The zero-order chi connectivity index (χ0) is 14.6. The molecule has 1 aliphatic rings. The minimum absolute atomic E-state index is 0.0175. The van der Waals surface area contributed by atoms with Gasteiger partial charge in [-0.15, -0.1) is 0 Å². The van der Waals surface area contributed by atoms with Crippen LogP contribution in [0.4, 0.5) is 0 Å². The summed E-state index contributed by atoms with van der Waals surface area (Å²) < 4.78 is 5.31. The number of likely N-dealkylation sites (N-methyl/N-ethyl adjacent to an activating group) is 1. The van der Waals surface area contributed by atoms with Gasteiger partial charge in [0.2, 0.25) is 5.91 Å². The van der Waals surface area contributed by atoms with Crippen molar-refractivity contribution in [3.05, 3.63) is 34.9 Å². The summed E-state index contributed by atoms with van der Waals surface area (Å²) in [5.41, 5.74) is 0.461. The number of amides is 1. The number of ether oxygens (including phenoxy) is 1. The van der Waals surface area contributed by atoms with Gasteiger partial charge in [-0.1, -0.05) is 29.8 Å². The maximum absolute atomic E-state index is 12.3. The first-order valence-electron chi connectivity index (χ1n) is 6.83. The number of likely N-dealkylation sites (tertiary alicyclic amines) is 1. The molecule has 5 heteroatoms. The van der Waals surface area contributed by atoms with Gasteiger partial charge >= 0.3 is 0 Å². The summed E-state index contributed by atoms with van der Waals surface area (Å²) in [5.74, 6) is 0.0175. The highest BCUT2D eigenvalue weighted by atomic mass is 35.5. The molecular formula is C15H21ClN2O2. The molecule has 1 aliphatic heterocycles. The van der Waals surface area contributed by atoms with Gasteiger partial charge in [-0.25, -0.2) is 0 Å². The van der Waals surface area contributed by atoms with E-state index in [0.717, 1.165) is 30.0 Å². The quantitative estimate of drug-likeness (QED) is 0.904. The van der Waals surface area contributed by atoms with E-state index in [2.05, 4.69) is 10.2 Å². The van der Waals surface area contributed by atoms with Crippen molar-refractivity contribution in [3.63, 3.8) is 0 Å². The van der Waals surface area contributed by atoms with Crippen LogP contribution in [-0.4, -0.2) is 43.7 Å². The fourth-order valence-electron chi connectivity index (χ4n) is 2.95. The predicted molar refractivity (Wildman–Crippen MR) is 79.8 cm³/mol. The fourth-order valence-corrected chi connectivity index (χ4v) is 3.15. The number of hydrogen-bond donors (Lipinski definition) is 1. The minimum Gasteiger partial charge on any atom is -0.382 e. The topological polar surface area (TPSA) is 41.6 Å². The molecule has 1 aromatic rings. The first kappa shape index (κ1) is 15.3. The maximum Gasteiger partial charge on any atom is 0.242 e. The van der Waals surface area contributed by atoms with Gasteiger partial charge in [-0.3, -0.25) is 9.69 Å². The van der Waals surface area contributed by atoms with Crippen molar-refractivity contribution in [1.82, 2.24) is 10.2 Å². The molecule has 110 valence electrons. The van der Waals surface area contributed by atoms with Crippen LogP contribution in [-0.2, 0) is 16.1 Å². The molecule has 0 spiro atoms. The summed E-state index contributed by atoms with van der Waals surface area (Å²) in [6.45, 7) is 1.94. The van der Waals surface area contributed by atoms with Crippen LogP contribution >= 0.6 is 11.6 Å². The molecule has 1 saturated heterocycles. The first-order valence-corrected chi connectivity index (χ1v) is 7.21. The Bertz CT molecular complexity index is 481. The van der Waals surface area contributed by atoms with E-state index < -0.39 is 5.54 Å². The third kappa shape index (κ3) is 2.82. The van der Waals surface area contributed by atoms with Gasteiger partial charge in [0.25, 0.3) is 0 Å². The van der Waals surface area contributed by atoms with Gasteiger partial charge in [-0.05, 0) is 31.0 Å². The largest absolute Gasteiger partial charge is 0.382 e. The summed E-state index contributed by atoms with van der Waals surface area (Å²) in [6.07, 6.45) is 1.80. The van der Waals surface area contributed by atoms with E-state index in [9.17, 15) is 4.79 Å². The van der Waals surface area contributed by atoms with Crippen molar-refractivity contribution in [2.45, 2.75) is 24.9 Å². The highest BCUT2D eigenvalue weighted by Gasteiger charge is 2.47. The third-order valence-corrected chi connectivity index (χ3v) is 4.34. The van der Waals surface area contributed by atoms with Crippen LogP contribution in [0.2, 0.25) is 5.02 Å². The fraction of sp³-hybridized carbons (Fsp3) is 0.533. The van der Waals surface area contributed by atoms with Crippen molar-refractivity contribution >= 4 is 17.5 Å². The molecule has 0 saturated carbocycles. The molecule has 1 N–H and O–H groups in total. The van der Waals surface area contributed by atoms with Gasteiger partial charge in [-0.2, -0.15) is 0 Å². The van der Waals surface area contributed by atoms with Crippen molar-refractivity contribution in [3.8, 4) is 0 Å². The lowest BCUT2D eigenvalue weighted by Crippen LogP contribution is -2.57. The lowest BCUT2D eigenvalue weighted by molar-refractivity contribution is -0.135. The van der Waals surface area contributed by atoms with Crippen molar-refractivity contribution in [2.24, 2.45) is 0 Å². The summed E-state index contributed by atoms with van der Waals surface area (Å²) >= 11 is 6.23. The first-order chi connectivity index (χ1) is 9.64. The van der Waals surface area contributed by atoms with Gasteiger partial charge in [0, 0.05) is 25.7 Å². The van der Waals surface area contributed by atoms with E-state index in [0.29, 0.717) is 13.2 Å². The van der Waals surface area contributed by atoms with Crippen molar-refractivity contribution in [1.29, 1.82) is 0 Å². The number of methoxy groups -OCH3 is 1. The van der Waals surface area contributed by atoms with Crippen molar-refractivity contribution < 1.29 is 9.53 Å². The zero-order valence-corrected chi connectivity index (χ0v) is 12.7. The number of benzene rings is 1. The molecule has 4 nitrogen and oxygen atoms in total. The molecule has 0 aromatic heterocycles. The lowest BCUT2D eigenvalue weighted by atomic mass is 9.95. The number of hydrogen-bond acceptors (Lipinski definition) is 3. The lowest BCUT2D eigenvalue weighted by Gasteiger charge is -2.36. The molecule has 1 atom stereocenters. The van der Waals surface area contributed by atoms with Crippen LogP contribution in [0, 0.1) is 0 Å². The zero-order valence-electron chi connectivity index (χ0n) is 12.0. The van der Waals surface area contributed by atoms with Crippen LogP contribution in [0.15, 0.2) is 24.3 Å². The molecule has 1 fully saturated rings. The van der Waals surface area contributed by atoms with Crippen LogP contribution < -0.4 is 5.32 Å². The summed E-state index contributed by atoms with van der Waals surface area (Å²) in [4.78, 5) is 14.5. The van der Waals surface area contributed by atoms with Gasteiger partial charge < -0.3 is 10.1 Å². The summed E-state index contributed by atoms with van der Waals surface area (Å²) in [5, 5.41) is 3.51. The molecule has 20 heavy (non-hydrogen) atoms. The molecule has 0 bridgehead atoms. The van der Waals surface area contributed by atoms with Crippen LogP contribution in [0.1, 0.15) is 18.4 Å². The van der Waals surface area contributed by atoms with E-state index in [4.69, 9.17) is 16.3 Å². The second-order valence-corrected chi connectivity index (χ2v) is 5.57. The highest BCUT2D eigenvalue weighted by molar-refractivity contribution is 6.31. The van der Waals surface area contributed by atoms with Gasteiger partial charge in [0.15, 0.2) is 0 Å². The smallest absolute Gasteiger partial charge is 0.242 e. The molecule has 1 heterocycles. The predicted octanol–water partition coefficient (Wildman–Crippen LogP) is 2.07. The Balaban J connectivity index is 2.25. The van der Waals surface area contributed by atoms with Crippen LogP contribution in [0.25, 0.3) is 0 Å². The normalized spacial score (nSPS) is 22.9. The van der Waals surface area contributed by atoms with E-state index in [1.54, 1.807) is 14.2 Å². The Morgan fingerprint density at radius 3 is 2.90 bits per heavy atom. The SMILES string of the molecule is CNC(=O)C1(COC)CCCN1Cc1ccccc1Cl. The molecular weight excluding hydrogens is 276 g/mol. The second kappa shape index (κ2) is 6.57. The number of carbonyl (C=O) groups is 1. The summed E-state index contributed by atoms with van der Waals surface area (Å²) in [7, 11) is 3.31. The third-order valence-electron chi connectivity index (χ3n) is 3.98. The highest BCUT2D eigenvalue weighted by Crippen LogP contribution is 2.32. The Hall–Kier alpha value is -1.10. The number of halogens is 1. The molecule has 1 amide bonds. The Kier molecular flexibility index (Phi) is 5.02. The number of rotatable bonds is 5. The van der Waals surface area contributed by atoms with E-state index in [1.807, 2.05) is 24.3 Å². The average Bonchev–Trinajstić information content (AvgIpc) is 2.85. The number of nitrogens with one attached hydrogen (secondary N) is 1.